The monoisotopic (exact) mass is 364 g/mol. The van der Waals surface area contributed by atoms with Gasteiger partial charge in [0.25, 0.3) is 0 Å². The van der Waals surface area contributed by atoms with Gasteiger partial charge in [-0.05, 0) is 35.7 Å². The second kappa shape index (κ2) is 5.37. The smallest absolute Gasteiger partial charge is 0.344 e. The Labute approximate surface area is 151 Å². The first kappa shape index (κ1) is 15.0. The van der Waals surface area contributed by atoms with Gasteiger partial charge in [-0.25, -0.2) is 4.79 Å². The first-order chi connectivity index (χ1) is 12.6. The first-order valence-electron chi connectivity index (χ1n) is 7.97. The van der Waals surface area contributed by atoms with E-state index in [1.54, 1.807) is 18.2 Å². The van der Waals surface area contributed by atoms with Gasteiger partial charge < -0.3 is 19.4 Å². The molecule has 1 atom stereocenters. The van der Waals surface area contributed by atoms with Crippen molar-refractivity contribution in [2.75, 3.05) is 0 Å². The van der Waals surface area contributed by atoms with E-state index in [0.29, 0.717) is 33.6 Å². The highest BCUT2D eigenvalue weighted by atomic mass is 32.1. The van der Waals surface area contributed by atoms with Crippen molar-refractivity contribution >= 4 is 22.3 Å². The summed E-state index contributed by atoms with van der Waals surface area (Å²) < 4.78 is 11.5. The third-order valence-corrected chi connectivity index (χ3v) is 5.51. The number of hydrogen-bond donors (Lipinski definition) is 2. The van der Waals surface area contributed by atoms with Crippen LogP contribution in [0.4, 0.5) is 0 Å². The van der Waals surface area contributed by atoms with Crippen LogP contribution in [0.5, 0.6) is 23.0 Å². The van der Waals surface area contributed by atoms with Gasteiger partial charge in [-0.3, -0.25) is 0 Å². The Morgan fingerprint density at radius 2 is 1.81 bits per heavy atom. The molecule has 26 heavy (non-hydrogen) atoms. The van der Waals surface area contributed by atoms with Crippen LogP contribution < -0.4 is 10.4 Å². The fraction of sp³-hybridized carbons (Fsp3) is 0.0500. The number of fused-ring (bicyclic) bond motifs is 4. The van der Waals surface area contributed by atoms with Gasteiger partial charge >= 0.3 is 5.63 Å². The summed E-state index contributed by atoms with van der Waals surface area (Å²) in [5, 5.41) is 23.0. The molecule has 0 aliphatic carbocycles. The SMILES string of the molecule is O=c1oc2ccccc2c2c1C(c1cccs1)c1c(ccc(O)c1O)O2. The van der Waals surface area contributed by atoms with E-state index in [4.69, 9.17) is 9.15 Å². The Morgan fingerprint density at radius 3 is 2.62 bits per heavy atom. The van der Waals surface area contributed by atoms with E-state index in [1.807, 2.05) is 29.6 Å². The molecule has 128 valence electrons. The van der Waals surface area contributed by atoms with Crippen molar-refractivity contribution in [3.8, 4) is 23.0 Å². The second-order valence-corrected chi connectivity index (χ2v) is 7.00. The number of phenolic OH excluding ortho intramolecular Hbond substituents is 2. The minimum atomic E-state index is -0.582. The molecule has 0 fully saturated rings. The molecular weight excluding hydrogens is 352 g/mol. The van der Waals surface area contributed by atoms with Gasteiger partial charge in [0.1, 0.15) is 17.1 Å². The summed E-state index contributed by atoms with van der Waals surface area (Å²) in [7, 11) is 0. The van der Waals surface area contributed by atoms with Gasteiger partial charge in [0, 0.05) is 4.88 Å². The zero-order valence-electron chi connectivity index (χ0n) is 13.3. The highest BCUT2D eigenvalue weighted by Crippen LogP contribution is 2.53. The topological polar surface area (TPSA) is 79.9 Å². The fourth-order valence-electron chi connectivity index (χ4n) is 3.44. The molecule has 2 N–H and O–H groups in total. The minimum absolute atomic E-state index is 0.262. The number of para-hydroxylation sites is 1. The minimum Gasteiger partial charge on any atom is -0.504 e. The summed E-state index contributed by atoms with van der Waals surface area (Å²) in [6.07, 6.45) is 0. The van der Waals surface area contributed by atoms with Crippen molar-refractivity contribution in [3.05, 3.63) is 80.3 Å². The van der Waals surface area contributed by atoms with E-state index >= 15 is 0 Å². The molecule has 3 heterocycles. The standard InChI is InChI=1S/C20H12O5S/c21-11-7-8-13-15(18(11)22)16(14-6-3-9-26-14)17-19(24-13)10-4-1-2-5-12(10)25-20(17)23/h1-9,16,21-22H. The predicted molar refractivity (Wildman–Crippen MR) is 97.6 cm³/mol. The Hall–Kier alpha value is -3.25. The summed E-state index contributed by atoms with van der Waals surface area (Å²) in [6, 6.07) is 13.9. The molecule has 2 aromatic heterocycles. The van der Waals surface area contributed by atoms with Crippen molar-refractivity contribution in [1.29, 1.82) is 0 Å². The molecule has 1 aliphatic heterocycles. The van der Waals surface area contributed by atoms with Crippen LogP contribution >= 0.6 is 11.3 Å². The van der Waals surface area contributed by atoms with Crippen molar-refractivity contribution in [2.24, 2.45) is 0 Å². The zero-order valence-corrected chi connectivity index (χ0v) is 14.1. The van der Waals surface area contributed by atoms with Crippen molar-refractivity contribution in [1.82, 2.24) is 0 Å². The lowest BCUT2D eigenvalue weighted by Gasteiger charge is -2.28. The van der Waals surface area contributed by atoms with E-state index < -0.39 is 11.5 Å². The lowest BCUT2D eigenvalue weighted by molar-refractivity contribution is 0.382. The number of phenols is 2. The van der Waals surface area contributed by atoms with Gasteiger partial charge in [0.2, 0.25) is 0 Å². The van der Waals surface area contributed by atoms with Gasteiger partial charge in [0.15, 0.2) is 11.5 Å². The average Bonchev–Trinajstić information content (AvgIpc) is 3.18. The summed E-state index contributed by atoms with van der Waals surface area (Å²) in [5.41, 5.74) is 0.597. The number of thiophene rings is 1. The Kier molecular flexibility index (Phi) is 3.11. The largest absolute Gasteiger partial charge is 0.504 e. The van der Waals surface area contributed by atoms with Gasteiger partial charge in [-0.2, -0.15) is 0 Å². The predicted octanol–water partition coefficient (Wildman–Crippen LogP) is 4.55. The number of rotatable bonds is 1. The maximum absolute atomic E-state index is 12.8. The molecule has 0 saturated carbocycles. The van der Waals surface area contributed by atoms with Gasteiger partial charge in [-0.15, -0.1) is 11.3 Å². The highest BCUT2D eigenvalue weighted by Gasteiger charge is 2.37. The molecule has 6 heteroatoms. The molecule has 2 aromatic carbocycles. The average molecular weight is 364 g/mol. The summed E-state index contributed by atoms with van der Waals surface area (Å²) in [4.78, 5) is 13.6. The van der Waals surface area contributed by atoms with Crippen LogP contribution in [0.15, 0.2) is 63.1 Å². The van der Waals surface area contributed by atoms with E-state index in [9.17, 15) is 15.0 Å². The molecule has 0 spiro atoms. The quantitative estimate of drug-likeness (QED) is 0.337. The van der Waals surface area contributed by atoms with E-state index in [1.165, 1.54) is 17.4 Å². The van der Waals surface area contributed by atoms with Crippen LogP contribution in [0.1, 0.15) is 21.9 Å². The normalized spacial score (nSPS) is 15.3. The van der Waals surface area contributed by atoms with Crippen LogP contribution in [-0.4, -0.2) is 10.2 Å². The summed E-state index contributed by atoms with van der Waals surface area (Å²) >= 11 is 1.46. The van der Waals surface area contributed by atoms with Gasteiger partial charge in [0.05, 0.1) is 22.4 Å². The highest BCUT2D eigenvalue weighted by molar-refractivity contribution is 7.10. The van der Waals surface area contributed by atoms with Crippen LogP contribution in [-0.2, 0) is 0 Å². The number of aromatic hydroxyl groups is 2. The Bertz CT molecular complexity index is 1210. The van der Waals surface area contributed by atoms with Crippen LogP contribution in [0, 0.1) is 0 Å². The molecule has 4 aromatic rings. The van der Waals surface area contributed by atoms with Crippen LogP contribution in [0.25, 0.3) is 11.0 Å². The lowest BCUT2D eigenvalue weighted by Crippen LogP contribution is -2.20. The van der Waals surface area contributed by atoms with Crippen LogP contribution in [0.2, 0.25) is 0 Å². The van der Waals surface area contributed by atoms with E-state index in [0.717, 1.165) is 4.88 Å². The number of hydrogen-bond acceptors (Lipinski definition) is 6. The molecular formula is C20H12O5S. The summed E-state index contributed by atoms with van der Waals surface area (Å²) in [5.74, 6) is -0.307. The van der Waals surface area contributed by atoms with Crippen molar-refractivity contribution < 1.29 is 19.4 Å². The molecule has 5 nitrogen and oxygen atoms in total. The van der Waals surface area contributed by atoms with Gasteiger partial charge in [-0.1, -0.05) is 18.2 Å². The summed E-state index contributed by atoms with van der Waals surface area (Å²) in [6.45, 7) is 0. The fourth-order valence-corrected chi connectivity index (χ4v) is 4.28. The molecule has 1 aliphatic rings. The second-order valence-electron chi connectivity index (χ2n) is 6.02. The Morgan fingerprint density at radius 1 is 0.962 bits per heavy atom. The third-order valence-electron chi connectivity index (χ3n) is 4.57. The molecule has 1 unspecified atom stereocenters. The molecule has 0 amide bonds. The Balaban J connectivity index is 1.92. The lowest BCUT2D eigenvalue weighted by atomic mass is 9.86. The number of ether oxygens (including phenoxy) is 1. The third kappa shape index (κ3) is 1.99. The maximum Gasteiger partial charge on any atom is 0.344 e. The van der Waals surface area contributed by atoms with Crippen molar-refractivity contribution in [2.45, 2.75) is 5.92 Å². The van der Waals surface area contributed by atoms with E-state index in [-0.39, 0.29) is 11.5 Å². The zero-order chi connectivity index (χ0) is 17.8. The van der Waals surface area contributed by atoms with E-state index in [2.05, 4.69) is 0 Å². The first-order valence-corrected chi connectivity index (χ1v) is 8.85. The molecule has 0 radical (unpaired) electrons. The van der Waals surface area contributed by atoms with Crippen LogP contribution in [0.3, 0.4) is 0 Å². The molecule has 0 bridgehead atoms. The molecule has 5 rings (SSSR count). The molecule has 0 saturated heterocycles. The number of benzene rings is 2. The van der Waals surface area contributed by atoms with Crippen molar-refractivity contribution in [3.63, 3.8) is 0 Å². The maximum atomic E-state index is 12.8.